The van der Waals surface area contributed by atoms with Gasteiger partial charge >= 0.3 is 0 Å². The molecule has 8 heteroatoms. The van der Waals surface area contributed by atoms with Crippen LogP contribution in [0.1, 0.15) is 10.5 Å². The lowest BCUT2D eigenvalue weighted by molar-refractivity contribution is 0.0692. The van der Waals surface area contributed by atoms with E-state index >= 15 is 0 Å². The van der Waals surface area contributed by atoms with Gasteiger partial charge in [-0.2, -0.15) is 4.31 Å². The molecule has 28 heavy (non-hydrogen) atoms. The molecule has 1 aromatic heterocycles. The number of carbonyl (C=O) groups is 1. The highest BCUT2D eigenvalue weighted by Crippen LogP contribution is 2.21. The van der Waals surface area contributed by atoms with E-state index in [1.54, 1.807) is 35.2 Å². The van der Waals surface area contributed by atoms with E-state index in [9.17, 15) is 13.2 Å². The number of hydrogen-bond donors (Lipinski definition) is 0. The minimum atomic E-state index is -3.56. The molecule has 1 saturated heterocycles. The van der Waals surface area contributed by atoms with Crippen LogP contribution in [-0.2, 0) is 10.0 Å². The van der Waals surface area contributed by atoms with Crippen molar-refractivity contribution in [2.24, 2.45) is 0 Å². The molecule has 2 aromatic carbocycles. The first-order valence-corrected chi connectivity index (χ1v) is 11.1. The van der Waals surface area contributed by atoms with Gasteiger partial charge in [0.2, 0.25) is 10.0 Å². The van der Waals surface area contributed by atoms with Gasteiger partial charge in [-0.25, -0.2) is 13.4 Å². The Hall–Kier alpha value is -2.29. The van der Waals surface area contributed by atoms with Crippen LogP contribution in [0.5, 0.6) is 0 Å². The van der Waals surface area contributed by atoms with Crippen molar-refractivity contribution in [3.63, 3.8) is 0 Å². The number of halogens is 1. The van der Waals surface area contributed by atoms with Gasteiger partial charge in [0.25, 0.3) is 5.91 Å². The Balaban J connectivity index is 1.47. The van der Waals surface area contributed by atoms with Gasteiger partial charge in [-0.3, -0.25) is 4.79 Å². The highest BCUT2D eigenvalue weighted by Gasteiger charge is 2.30. The van der Waals surface area contributed by atoms with Gasteiger partial charge in [0.15, 0.2) is 0 Å². The summed E-state index contributed by atoms with van der Waals surface area (Å²) in [4.78, 5) is 19.2. The lowest BCUT2D eigenvalue weighted by Crippen LogP contribution is -2.50. The number of aromatic nitrogens is 1. The second-order valence-corrected chi connectivity index (χ2v) is 9.39. The third-order valence-electron chi connectivity index (χ3n) is 4.79. The van der Waals surface area contributed by atoms with Crippen molar-refractivity contribution in [2.45, 2.75) is 4.90 Å². The Morgan fingerprint density at radius 1 is 0.893 bits per heavy atom. The van der Waals surface area contributed by atoms with Crippen LogP contribution in [0.2, 0.25) is 0 Å². The highest BCUT2D eigenvalue weighted by atomic mass is 79.9. The number of piperazine rings is 1. The number of para-hydroxylation sites is 1. The number of fused-ring (bicyclic) bond motifs is 1. The van der Waals surface area contributed by atoms with E-state index in [-0.39, 0.29) is 23.9 Å². The molecule has 1 aliphatic heterocycles. The zero-order valence-corrected chi connectivity index (χ0v) is 17.4. The number of rotatable bonds is 3. The predicted octanol–water partition coefficient (Wildman–Crippen LogP) is 3.14. The van der Waals surface area contributed by atoms with Crippen molar-refractivity contribution < 1.29 is 13.2 Å². The summed E-state index contributed by atoms with van der Waals surface area (Å²) in [5, 5.41) is 0.976. The van der Waals surface area contributed by atoms with Gasteiger partial charge in [0.05, 0.1) is 10.4 Å². The van der Waals surface area contributed by atoms with E-state index in [4.69, 9.17) is 0 Å². The maximum atomic E-state index is 12.8. The third kappa shape index (κ3) is 3.67. The Labute approximate surface area is 172 Å². The fourth-order valence-corrected chi connectivity index (χ4v) is 4.92. The van der Waals surface area contributed by atoms with E-state index < -0.39 is 10.0 Å². The molecule has 0 bridgehead atoms. The van der Waals surface area contributed by atoms with Crippen molar-refractivity contribution in [1.29, 1.82) is 0 Å². The lowest BCUT2D eigenvalue weighted by atomic mass is 10.2. The first-order valence-electron chi connectivity index (χ1n) is 8.86. The third-order valence-corrected chi connectivity index (χ3v) is 7.24. The van der Waals surface area contributed by atoms with E-state index in [1.807, 2.05) is 30.3 Å². The Morgan fingerprint density at radius 2 is 1.57 bits per heavy atom. The van der Waals surface area contributed by atoms with Crippen LogP contribution in [0.15, 0.2) is 70.0 Å². The quantitative estimate of drug-likeness (QED) is 0.602. The molecule has 0 atom stereocenters. The molecular weight excluding hydrogens is 442 g/mol. The number of sulfonamides is 1. The summed E-state index contributed by atoms with van der Waals surface area (Å²) in [6.07, 6.45) is 0. The molecule has 1 aliphatic rings. The molecule has 6 nitrogen and oxygen atoms in total. The van der Waals surface area contributed by atoms with Crippen molar-refractivity contribution in [2.75, 3.05) is 26.2 Å². The zero-order valence-electron chi connectivity index (χ0n) is 15.0. The number of benzene rings is 2. The second-order valence-electron chi connectivity index (χ2n) is 6.54. The summed E-state index contributed by atoms with van der Waals surface area (Å²) in [5.41, 5.74) is 1.15. The van der Waals surface area contributed by atoms with Crippen molar-refractivity contribution >= 4 is 42.8 Å². The van der Waals surface area contributed by atoms with Crippen LogP contribution in [0, 0.1) is 0 Å². The summed E-state index contributed by atoms with van der Waals surface area (Å²) in [6.45, 7) is 1.20. The smallest absolute Gasteiger partial charge is 0.272 e. The molecule has 0 N–H and O–H groups in total. The molecule has 0 saturated carbocycles. The van der Waals surface area contributed by atoms with E-state index in [1.165, 1.54) is 4.31 Å². The van der Waals surface area contributed by atoms with E-state index in [0.717, 1.165) is 15.4 Å². The Kier molecular flexibility index (Phi) is 5.18. The molecular formula is C20H18BrN3O3S. The first kappa shape index (κ1) is 19.0. The summed E-state index contributed by atoms with van der Waals surface area (Å²) in [5.74, 6) is -0.175. The van der Waals surface area contributed by atoms with Crippen molar-refractivity contribution in [1.82, 2.24) is 14.2 Å². The summed E-state index contributed by atoms with van der Waals surface area (Å²) >= 11 is 3.31. The second kappa shape index (κ2) is 7.62. The standard InChI is InChI=1S/C20H18BrN3O3S/c21-16-6-8-17(9-7-16)28(26,27)24-13-11-23(12-14-24)20(25)19-10-5-15-3-1-2-4-18(15)22-19/h1-10H,11-14H2. The summed E-state index contributed by atoms with van der Waals surface area (Å²) in [7, 11) is -3.56. The first-order chi connectivity index (χ1) is 13.4. The van der Waals surface area contributed by atoms with Gasteiger partial charge in [0.1, 0.15) is 5.69 Å². The molecule has 1 amide bonds. The average molecular weight is 460 g/mol. The largest absolute Gasteiger partial charge is 0.335 e. The van der Waals surface area contributed by atoms with E-state index in [2.05, 4.69) is 20.9 Å². The minimum Gasteiger partial charge on any atom is -0.335 e. The molecule has 0 aliphatic carbocycles. The van der Waals surface area contributed by atoms with Gasteiger partial charge in [-0.15, -0.1) is 0 Å². The van der Waals surface area contributed by atoms with Crippen molar-refractivity contribution in [3.8, 4) is 0 Å². The van der Waals surface area contributed by atoms with Crippen LogP contribution in [0.3, 0.4) is 0 Å². The molecule has 2 heterocycles. The predicted molar refractivity (Wildman–Crippen MR) is 111 cm³/mol. The van der Waals surface area contributed by atoms with E-state index in [0.29, 0.717) is 18.8 Å². The SMILES string of the molecule is O=C(c1ccc2ccccc2n1)N1CCN(S(=O)(=O)c2ccc(Br)cc2)CC1. The van der Waals surface area contributed by atoms with Crippen LogP contribution in [0.25, 0.3) is 10.9 Å². The van der Waals surface area contributed by atoms with Gasteiger partial charge in [-0.05, 0) is 36.4 Å². The highest BCUT2D eigenvalue weighted by molar-refractivity contribution is 9.10. The normalized spacial score (nSPS) is 15.7. The molecule has 4 rings (SSSR count). The number of nitrogens with zero attached hydrogens (tertiary/aromatic N) is 3. The topological polar surface area (TPSA) is 70.6 Å². The lowest BCUT2D eigenvalue weighted by Gasteiger charge is -2.33. The summed E-state index contributed by atoms with van der Waals surface area (Å²) < 4.78 is 27.8. The molecule has 3 aromatic rings. The van der Waals surface area contributed by atoms with Crippen LogP contribution in [-0.4, -0.2) is 54.7 Å². The van der Waals surface area contributed by atoms with Gasteiger partial charge in [-0.1, -0.05) is 40.2 Å². The van der Waals surface area contributed by atoms with Crippen LogP contribution < -0.4 is 0 Å². The molecule has 0 spiro atoms. The van der Waals surface area contributed by atoms with Crippen LogP contribution in [0.4, 0.5) is 0 Å². The number of hydrogen-bond acceptors (Lipinski definition) is 4. The molecule has 0 unspecified atom stereocenters. The molecule has 1 fully saturated rings. The monoisotopic (exact) mass is 459 g/mol. The number of pyridine rings is 1. The fourth-order valence-electron chi connectivity index (χ4n) is 3.23. The number of amides is 1. The Morgan fingerprint density at radius 3 is 2.29 bits per heavy atom. The molecule has 144 valence electrons. The number of carbonyl (C=O) groups excluding carboxylic acids is 1. The zero-order chi connectivity index (χ0) is 19.7. The molecule has 0 radical (unpaired) electrons. The van der Waals surface area contributed by atoms with Crippen LogP contribution >= 0.6 is 15.9 Å². The summed E-state index contributed by atoms with van der Waals surface area (Å²) in [6, 6.07) is 17.8. The Bertz CT molecular complexity index is 1120. The van der Waals surface area contributed by atoms with Crippen molar-refractivity contribution in [3.05, 3.63) is 70.8 Å². The maximum Gasteiger partial charge on any atom is 0.272 e. The maximum absolute atomic E-state index is 12.8. The van der Waals surface area contributed by atoms with Gasteiger partial charge < -0.3 is 4.90 Å². The van der Waals surface area contributed by atoms with Gasteiger partial charge in [0, 0.05) is 36.0 Å². The fraction of sp³-hybridized carbons (Fsp3) is 0.200. The minimum absolute atomic E-state index is 0.175. The average Bonchev–Trinajstić information content (AvgIpc) is 2.73.